The Labute approximate surface area is 126 Å². The summed E-state index contributed by atoms with van der Waals surface area (Å²) in [4.78, 5) is 22.2. The SMILES string of the molecule is Cc1ccc([N+](=O)[O-])cc1OCC(=O)c1ccc(Cl)cc1. The van der Waals surface area contributed by atoms with Crippen molar-refractivity contribution in [3.63, 3.8) is 0 Å². The third-order valence-corrected chi connectivity index (χ3v) is 3.16. The maximum Gasteiger partial charge on any atom is 0.273 e. The van der Waals surface area contributed by atoms with Gasteiger partial charge in [-0.05, 0) is 42.8 Å². The molecule has 0 saturated heterocycles. The first-order chi connectivity index (χ1) is 9.97. The molecular weight excluding hydrogens is 294 g/mol. The van der Waals surface area contributed by atoms with Gasteiger partial charge in [0.25, 0.3) is 5.69 Å². The first-order valence-corrected chi connectivity index (χ1v) is 6.52. The summed E-state index contributed by atoms with van der Waals surface area (Å²) in [5.74, 6) is 0.101. The van der Waals surface area contributed by atoms with Crippen molar-refractivity contribution in [3.05, 3.63) is 68.7 Å². The molecule has 0 saturated carbocycles. The zero-order valence-corrected chi connectivity index (χ0v) is 12.0. The second-order valence-corrected chi connectivity index (χ2v) is 4.86. The highest BCUT2D eigenvalue weighted by atomic mass is 35.5. The number of ketones is 1. The van der Waals surface area contributed by atoms with E-state index in [0.29, 0.717) is 16.3 Å². The topological polar surface area (TPSA) is 69.4 Å². The maximum atomic E-state index is 12.0. The molecule has 0 aliphatic rings. The Kier molecular flexibility index (Phi) is 4.55. The van der Waals surface area contributed by atoms with Gasteiger partial charge in [-0.15, -0.1) is 0 Å². The average molecular weight is 306 g/mol. The predicted molar refractivity (Wildman–Crippen MR) is 79.1 cm³/mol. The van der Waals surface area contributed by atoms with E-state index in [-0.39, 0.29) is 18.1 Å². The summed E-state index contributed by atoms with van der Waals surface area (Å²) in [6, 6.07) is 10.7. The van der Waals surface area contributed by atoms with Crippen LogP contribution in [0.2, 0.25) is 5.02 Å². The number of hydrogen-bond acceptors (Lipinski definition) is 4. The van der Waals surface area contributed by atoms with Crippen LogP contribution in [0.25, 0.3) is 0 Å². The zero-order valence-electron chi connectivity index (χ0n) is 11.2. The van der Waals surface area contributed by atoms with Gasteiger partial charge in [0.1, 0.15) is 5.75 Å². The number of carbonyl (C=O) groups excluding carboxylic acids is 1. The first-order valence-electron chi connectivity index (χ1n) is 6.14. The molecule has 0 aromatic heterocycles. The molecule has 108 valence electrons. The van der Waals surface area contributed by atoms with E-state index in [1.165, 1.54) is 12.1 Å². The molecule has 0 unspecified atom stereocenters. The summed E-state index contributed by atoms with van der Waals surface area (Å²) in [7, 11) is 0. The average Bonchev–Trinajstić information content (AvgIpc) is 2.46. The molecule has 0 aliphatic carbocycles. The van der Waals surface area contributed by atoms with Crippen molar-refractivity contribution in [1.29, 1.82) is 0 Å². The molecule has 5 nitrogen and oxygen atoms in total. The lowest BCUT2D eigenvalue weighted by Crippen LogP contribution is -2.12. The lowest BCUT2D eigenvalue weighted by Gasteiger charge is -2.08. The quantitative estimate of drug-likeness (QED) is 0.478. The van der Waals surface area contributed by atoms with Crippen molar-refractivity contribution in [2.45, 2.75) is 6.92 Å². The Hall–Kier alpha value is -2.40. The van der Waals surface area contributed by atoms with Gasteiger partial charge in [0.15, 0.2) is 12.4 Å². The van der Waals surface area contributed by atoms with E-state index in [1.54, 1.807) is 37.3 Å². The summed E-state index contributed by atoms with van der Waals surface area (Å²) >= 11 is 5.75. The van der Waals surface area contributed by atoms with Crippen LogP contribution in [-0.4, -0.2) is 17.3 Å². The number of rotatable bonds is 5. The second-order valence-electron chi connectivity index (χ2n) is 4.43. The van der Waals surface area contributed by atoms with E-state index in [0.717, 1.165) is 5.56 Å². The molecule has 0 aliphatic heterocycles. The van der Waals surface area contributed by atoms with Crippen molar-refractivity contribution < 1.29 is 14.5 Å². The monoisotopic (exact) mass is 305 g/mol. The molecule has 0 fully saturated rings. The third kappa shape index (κ3) is 3.79. The molecule has 0 heterocycles. The number of ether oxygens (including phenoxy) is 1. The Morgan fingerprint density at radius 1 is 1.24 bits per heavy atom. The van der Waals surface area contributed by atoms with Crippen molar-refractivity contribution in [3.8, 4) is 5.75 Å². The molecule has 0 spiro atoms. The van der Waals surface area contributed by atoms with Crippen LogP contribution in [0.15, 0.2) is 42.5 Å². The Balaban J connectivity index is 2.09. The molecular formula is C15H12ClNO4. The molecule has 0 N–H and O–H groups in total. The number of nitro groups is 1. The minimum Gasteiger partial charge on any atom is -0.485 e. The highest BCUT2D eigenvalue weighted by Gasteiger charge is 2.12. The first kappa shape index (κ1) is 15.0. The van der Waals surface area contributed by atoms with E-state index in [9.17, 15) is 14.9 Å². The highest BCUT2D eigenvalue weighted by molar-refractivity contribution is 6.30. The number of non-ortho nitro benzene ring substituents is 1. The van der Waals surface area contributed by atoms with Crippen LogP contribution < -0.4 is 4.74 Å². The van der Waals surface area contributed by atoms with Crippen LogP contribution in [-0.2, 0) is 0 Å². The summed E-state index contributed by atoms with van der Waals surface area (Å²) in [6.07, 6.45) is 0. The number of nitro benzene ring substituents is 1. The Morgan fingerprint density at radius 2 is 1.90 bits per heavy atom. The molecule has 6 heteroatoms. The van der Waals surface area contributed by atoms with E-state index < -0.39 is 4.92 Å². The fraction of sp³-hybridized carbons (Fsp3) is 0.133. The normalized spacial score (nSPS) is 10.2. The number of carbonyl (C=O) groups is 1. The number of halogens is 1. The van der Waals surface area contributed by atoms with Gasteiger partial charge in [-0.2, -0.15) is 0 Å². The van der Waals surface area contributed by atoms with Crippen LogP contribution in [0.1, 0.15) is 15.9 Å². The molecule has 21 heavy (non-hydrogen) atoms. The van der Waals surface area contributed by atoms with Crippen LogP contribution in [0.3, 0.4) is 0 Å². The van der Waals surface area contributed by atoms with Crippen molar-refractivity contribution in [2.75, 3.05) is 6.61 Å². The predicted octanol–water partition coefficient (Wildman–Crippen LogP) is 3.82. The molecule has 2 aromatic rings. The number of aryl methyl sites for hydroxylation is 1. The molecule has 0 amide bonds. The van der Waals surface area contributed by atoms with Crippen molar-refractivity contribution >= 4 is 23.1 Å². The minimum atomic E-state index is -0.507. The van der Waals surface area contributed by atoms with Crippen molar-refractivity contribution in [2.24, 2.45) is 0 Å². The van der Waals surface area contributed by atoms with Crippen molar-refractivity contribution in [1.82, 2.24) is 0 Å². The highest BCUT2D eigenvalue weighted by Crippen LogP contribution is 2.24. The largest absolute Gasteiger partial charge is 0.485 e. The van der Waals surface area contributed by atoms with Gasteiger partial charge in [-0.3, -0.25) is 14.9 Å². The lowest BCUT2D eigenvalue weighted by molar-refractivity contribution is -0.384. The lowest BCUT2D eigenvalue weighted by atomic mass is 10.1. The standard InChI is InChI=1S/C15H12ClNO4/c1-10-2-7-13(17(19)20)8-15(10)21-9-14(18)11-3-5-12(16)6-4-11/h2-8H,9H2,1H3. The molecule has 2 aromatic carbocycles. The van der Waals surface area contributed by atoms with Gasteiger partial charge in [0, 0.05) is 16.7 Å². The Morgan fingerprint density at radius 3 is 2.52 bits per heavy atom. The van der Waals surface area contributed by atoms with E-state index in [2.05, 4.69) is 0 Å². The third-order valence-electron chi connectivity index (χ3n) is 2.91. The molecule has 0 radical (unpaired) electrons. The van der Waals surface area contributed by atoms with E-state index in [1.807, 2.05) is 0 Å². The van der Waals surface area contributed by atoms with Crippen LogP contribution in [0, 0.1) is 17.0 Å². The zero-order chi connectivity index (χ0) is 15.4. The van der Waals surface area contributed by atoms with Gasteiger partial charge < -0.3 is 4.74 Å². The minimum absolute atomic E-state index is 0.0745. The van der Waals surface area contributed by atoms with E-state index in [4.69, 9.17) is 16.3 Å². The number of Topliss-reactive ketones (excluding diaryl/α,β-unsaturated/α-hetero) is 1. The Bertz CT molecular complexity index is 683. The summed E-state index contributed by atoms with van der Waals surface area (Å²) in [5.41, 5.74) is 1.13. The number of benzene rings is 2. The number of nitrogens with zero attached hydrogens (tertiary/aromatic N) is 1. The second kappa shape index (κ2) is 6.37. The smallest absolute Gasteiger partial charge is 0.273 e. The summed E-state index contributed by atoms with van der Waals surface area (Å²) < 4.78 is 5.39. The fourth-order valence-corrected chi connectivity index (χ4v) is 1.85. The van der Waals surface area contributed by atoms with Gasteiger partial charge in [0.2, 0.25) is 0 Å². The van der Waals surface area contributed by atoms with Gasteiger partial charge in [-0.25, -0.2) is 0 Å². The number of hydrogen-bond donors (Lipinski definition) is 0. The maximum absolute atomic E-state index is 12.0. The molecule has 2 rings (SSSR count). The van der Waals surface area contributed by atoms with Crippen LogP contribution in [0.4, 0.5) is 5.69 Å². The summed E-state index contributed by atoms with van der Waals surface area (Å²) in [6.45, 7) is 1.56. The van der Waals surface area contributed by atoms with Gasteiger partial charge in [-0.1, -0.05) is 11.6 Å². The van der Waals surface area contributed by atoms with Crippen LogP contribution >= 0.6 is 11.6 Å². The molecule has 0 atom stereocenters. The fourth-order valence-electron chi connectivity index (χ4n) is 1.72. The molecule has 0 bridgehead atoms. The van der Waals surface area contributed by atoms with Gasteiger partial charge in [0.05, 0.1) is 11.0 Å². The van der Waals surface area contributed by atoms with Crippen LogP contribution in [0.5, 0.6) is 5.75 Å². The summed E-state index contributed by atoms with van der Waals surface area (Å²) in [5, 5.41) is 11.3. The van der Waals surface area contributed by atoms with E-state index >= 15 is 0 Å². The van der Waals surface area contributed by atoms with Gasteiger partial charge >= 0.3 is 0 Å².